The van der Waals surface area contributed by atoms with Crippen LogP contribution in [0.2, 0.25) is 0 Å². The number of rotatable bonds is 7. The smallest absolute Gasteiger partial charge is 0.00388 e. The molecular weight excluding hydrogens is 232 g/mol. The summed E-state index contributed by atoms with van der Waals surface area (Å²) in [4.78, 5) is 5.25. The molecule has 2 aliphatic rings. The molecule has 1 unspecified atom stereocenters. The van der Waals surface area contributed by atoms with E-state index in [1.165, 1.54) is 45.6 Å². The molecule has 2 heterocycles. The maximum Gasteiger partial charge on any atom is 0.00388 e. The normalized spacial score (nSPS) is 24.8. The molecule has 0 spiro atoms. The van der Waals surface area contributed by atoms with Crippen molar-refractivity contribution in [2.24, 2.45) is 23.7 Å². The van der Waals surface area contributed by atoms with Gasteiger partial charge in [0.25, 0.3) is 0 Å². The predicted octanol–water partition coefficient (Wildman–Crippen LogP) is 3.33. The quantitative estimate of drug-likeness (QED) is 0.697. The number of hydrogen-bond acceptors (Lipinski definition) is 2. The van der Waals surface area contributed by atoms with E-state index in [1.54, 1.807) is 0 Å². The van der Waals surface area contributed by atoms with Gasteiger partial charge in [-0.05, 0) is 56.9 Å². The van der Waals surface area contributed by atoms with E-state index in [-0.39, 0.29) is 0 Å². The van der Waals surface area contributed by atoms with Crippen molar-refractivity contribution in [3.05, 3.63) is 0 Å². The largest absolute Gasteiger partial charge is 0.303 e. The van der Waals surface area contributed by atoms with Crippen molar-refractivity contribution >= 4 is 0 Å². The molecule has 0 aliphatic carbocycles. The predicted molar refractivity (Wildman–Crippen MR) is 83.4 cm³/mol. The van der Waals surface area contributed by atoms with E-state index >= 15 is 0 Å². The van der Waals surface area contributed by atoms with Crippen LogP contribution in [-0.2, 0) is 0 Å². The van der Waals surface area contributed by atoms with E-state index in [2.05, 4.69) is 44.4 Å². The van der Waals surface area contributed by atoms with Crippen LogP contribution >= 0.6 is 0 Å². The Balaban J connectivity index is 1.50. The summed E-state index contributed by atoms with van der Waals surface area (Å²) in [5, 5.41) is 0. The van der Waals surface area contributed by atoms with Crippen LogP contribution in [-0.4, -0.2) is 48.6 Å². The fourth-order valence-electron chi connectivity index (χ4n) is 3.42. The SMILES string of the molecule is CC(C)C1CN(CCCC(C)C2CN(C(C)C)C2)C1. The zero-order chi connectivity index (χ0) is 14.0. The molecule has 0 radical (unpaired) electrons. The lowest BCUT2D eigenvalue weighted by Gasteiger charge is -2.45. The van der Waals surface area contributed by atoms with Crippen molar-refractivity contribution in [1.29, 1.82) is 0 Å². The van der Waals surface area contributed by atoms with Crippen molar-refractivity contribution in [1.82, 2.24) is 9.80 Å². The maximum atomic E-state index is 2.65. The highest BCUT2D eigenvalue weighted by atomic mass is 15.2. The first kappa shape index (κ1) is 15.3. The number of hydrogen-bond donors (Lipinski definition) is 0. The van der Waals surface area contributed by atoms with Gasteiger partial charge >= 0.3 is 0 Å². The highest BCUT2D eigenvalue weighted by molar-refractivity contribution is 4.86. The molecule has 112 valence electrons. The van der Waals surface area contributed by atoms with Crippen LogP contribution in [0.1, 0.15) is 47.5 Å². The van der Waals surface area contributed by atoms with Crippen molar-refractivity contribution in [2.45, 2.75) is 53.5 Å². The van der Waals surface area contributed by atoms with Crippen LogP contribution in [0.25, 0.3) is 0 Å². The molecule has 0 saturated carbocycles. The average Bonchev–Trinajstić information content (AvgIpc) is 2.17. The molecule has 2 aliphatic heterocycles. The molecule has 0 N–H and O–H groups in total. The van der Waals surface area contributed by atoms with Gasteiger partial charge < -0.3 is 9.80 Å². The fourth-order valence-corrected chi connectivity index (χ4v) is 3.42. The third-order valence-electron chi connectivity index (χ3n) is 5.54. The van der Waals surface area contributed by atoms with Gasteiger partial charge in [-0.1, -0.05) is 20.8 Å². The van der Waals surface area contributed by atoms with E-state index < -0.39 is 0 Å². The minimum absolute atomic E-state index is 0.748. The molecule has 2 saturated heterocycles. The molecule has 19 heavy (non-hydrogen) atoms. The lowest BCUT2D eigenvalue weighted by atomic mass is 9.83. The summed E-state index contributed by atoms with van der Waals surface area (Å²) in [7, 11) is 0. The zero-order valence-electron chi connectivity index (χ0n) is 13.7. The Hall–Kier alpha value is -0.0800. The van der Waals surface area contributed by atoms with Gasteiger partial charge in [-0.2, -0.15) is 0 Å². The van der Waals surface area contributed by atoms with Gasteiger partial charge in [0, 0.05) is 32.2 Å². The summed E-state index contributed by atoms with van der Waals surface area (Å²) in [6.45, 7) is 18.6. The van der Waals surface area contributed by atoms with Crippen LogP contribution in [0, 0.1) is 23.7 Å². The van der Waals surface area contributed by atoms with Crippen molar-refractivity contribution in [2.75, 3.05) is 32.7 Å². The van der Waals surface area contributed by atoms with Crippen LogP contribution in [0.3, 0.4) is 0 Å². The van der Waals surface area contributed by atoms with E-state index in [1.807, 2.05) is 0 Å². The monoisotopic (exact) mass is 266 g/mol. The summed E-state index contributed by atoms with van der Waals surface area (Å²) in [5.41, 5.74) is 0. The maximum absolute atomic E-state index is 2.65. The molecular formula is C17H34N2. The van der Waals surface area contributed by atoms with Gasteiger partial charge in [0.15, 0.2) is 0 Å². The Kier molecular flexibility index (Phi) is 5.30. The Morgan fingerprint density at radius 3 is 2.05 bits per heavy atom. The van der Waals surface area contributed by atoms with E-state index in [0.717, 1.165) is 29.7 Å². The van der Waals surface area contributed by atoms with Gasteiger partial charge in [-0.15, -0.1) is 0 Å². The van der Waals surface area contributed by atoms with Crippen molar-refractivity contribution < 1.29 is 0 Å². The van der Waals surface area contributed by atoms with Crippen LogP contribution in [0.15, 0.2) is 0 Å². The highest BCUT2D eigenvalue weighted by Gasteiger charge is 2.32. The average molecular weight is 266 g/mol. The molecule has 2 heteroatoms. The molecule has 2 nitrogen and oxygen atoms in total. The Labute approximate surface area is 120 Å². The van der Waals surface area contributed by atoms with Crippen molar-refractivity contribution in [3.8, 4) is 0 Å². The summed E-state index contributed by atoms with van der Waals surface area (Å²) in [6.07, 6.45) is 2.84. The fraction of sp³-hybridized carbons (Fsp3) is 1.00. The lowest BCUT2D eigenvalue weighted by molar-refractivity contribution is 0.0284. The van der Waals surface area contributed by atoms with Crippen LogP contribution in [0.4, 0.5) is 0 Å². The third-order valence-corrected chi connectivity index (χ3v) is 5.54. The number of nitrogens with zero attached hydrogens (tertiary/aromatic N) is 2. The Bertz CT molecular complexity index is 262. The van der Waals surface area contributed by atoms with E-state index in [9.17, 15) is 0 Å². The van der Waals surface area contributed by atoms with E-state index in [0.29, 0.717) is 0 Å². The molecule has 0 aromatic heterocycles. The summed E-state index contributed by atoms with van der Waals surface area (Å²) < 4.78 is 0. The van der Waals surface area contributed by atoms with Gasteiger partial charge in [0.05, 0.1) is 0 Å². The topological polar surface area (TPSA) is 6.48 Å². The second-order valence-corrected chi connectivity index (χ2v) is 7.69. The zero-order valence-corrected chi connectivity index (χ0v) is 13.7. The molecule has 0 bridgehead atoms. The van der Waals surface area contributed by atoms with Gasteiger partial charge in [-0.25, -0.2) is 0 Å². The highest BCUT2D eigenvalue weighted by Crippen LogP contribution is 2.29. The molecule has 0 aromatic carbocycles. The van der Waals surface area contributed by atoms with Gasteiger partial charge in [-0.3, -0.25) is 0 Å². The minimum atomic E-state index is 0.748. The summed E-state index contributed by atoms with van der Waals surface area (Å²) in [6, 6.07) is 0.748. The summed E-state index contributed by atoms with van der Waals surface area (Å²) >= 11 is 0. The third kappa shape index (κ3) is 3.95. The molecule has 2 rings (SSSR count). The van der Waals surface area contributed by atoms with E-state index in [4.69, 9.17) is 0 Å². The first-order valence-electron chi connectivity index (χ1n) is 8.43. The Morgan fingerprint density at radius 1 is 0.895 bits per heavy atom. The van der Waals surface area contributed by atoms with Crippen LogP contribution < -0.4 is 0 Å². The molecule has 0 aromatic rings. The lowest BCUT2D eigenvalue weighted by Crippen LogP contribution is -2.52. The Morgan fingerprint density at radius 2 is 1.53 bits per heavy atom. The van der Waals surface area contributed by atoms with Crippen LogP contribution in [0.5, 0.6) is 0 Å². The van der Waals surface area contributed by atoms with Crippen molar-refractivity contribution in [3.63, 3.8) is 0 Å². The molecule has 0 amide bonds. The second-order valence-electron chi connectivity index (χ2n) is 7.69. The first-order chi connectivity index (χ1) is 8.97. The number of likely N-dealkylation sites (tertiary alicyclic amines) is 2. The van der Waals surface area contributed by atoms with Gasteiger partial charge in [0.1, 0.15) is 0 Å². The molecule has 2 fully saturated rings. The first-order valence-corrected chi connectivity index (χ1v) is 8.43. The standard InChI is InChI=1S/C17H34N2/c1-13(2)16-9-18(10-16)8-6-7-15(5)17-11-19(12-17)14(3)4/h13-17H,6-12H2,1-5H3. The summed E-state index contributed by atoms with van der Waals surface area (Å²) in [5.74, 6) is 3.76. The second kappa shape index (κ2) is 6.58. The van der Waals surface area contributed by atoms with Gasteiger partial charge in [0.2, 0.25) is 0 Å². The minimum Gasteiger partial charge on any atom is -0.303 e. The molecule has 1 atom stereocenters.